The van der Waals surface area contributed by atoms with E-state index in [1.54, 1.807) is 14.2 Å². The lowest BCUT2D eigenvalue weighted by Crippen LogP contribution is -2.41. The van der Waals surface area contributed by atoms with Crippen LogP contribution in [0.25, 0.3) is 11.1 Å². The summed E-state index contributed by atoms with van der Waals surface area (Å²) in [7, 11) is 3.40. The van der Waals surface area contributed by atoms with Gasteiger partial charge in [0, 0.05) is 5.56 Å². The maximum atomic E-state index is 6.45. The van der Waals surface area contributed by atoms with Crippen LogP contribution in [0.15, 0.2) is 55.0 Å². The Hall–Kier alpha value is -2.17. The molecule has 0 saturated carbocycles. The van der Waals surface area contributed by atoms with Gasteiger partial charge in [-0.25, -0.2) is 5.32 Å². The Morgan fingerprint density at radius 1 is 1.09 bits per heavy atom. The first kappa shape index (κ1) is 14.8. The molecule has 0 aromatic heterocycles. The molecule has 1 aliphatic rings. The van der Waals surface area contributed by atoms with Gasteiger partial charge in [0.1, 0.15) is 18.3 Å². The fourth-order valence-electron chi connectivity index (χ4n) is 2.49. The molecule has 3 rings (SSSR count). The van der Waals surface area contributed by atoms with Crippen LogP contribution in [0.4, 0.5) is 0 Å². The molecule has 2 aromatic carbocycles. The molecule has 1 N–H and O–H groups in total. The number of rotatable bonds is 4. The summed E-state index contributed by atoms with van der Waals surface area (Å²) >= 11 is 6.45. The van der Waals surface area contributed by atoms with Crippen LogP contribution >= 0.6 is 11.6 Å². The highest BCUT2D eigenvalue weighted by Crippen LogP contribution is 2.38. The van der Waals surface area contributed by atoms with Crippen LogP contribution < -0.4 is 10.1 Å². The highest BCUT2D eigenvalue weighted by molar-refractivity contribution is 6.31. The Kier molecular flexibility index (Phi) is 3.96. The Labute approximate surface area is 134 Å². The normalized spacial score (nSPS) is 15.2. The third kappa shape index (κ3) is 2.40. The molecular formula is C17H16ClNO3. The second kappa shape index (κ2) is 5.91. The van der Waals surface area contributed by atoms with Crippen LogP contribution in [0.2, 0.25) is 5.02 Å². The first-order valence-corrected chi connectivity index (χ1v) is 7.21. The van der Waals surface area contributed by atoms with Gasteiger partial charge in [0.15, 0.2) is 0 Å². The molecule has 0 fully saturated rings. The van der Waals surface area contributed by atoms with Gasteiger partial charge in [-0.1, -0.05) is 35.9 Å². The number of hydrogen-bond acceptors (Lipinski definition) is 4. The Morgan fingerprint density at radius 3 is 2.45 bits per heavy atom. The van der Waals surface area contributed by atoms with Crippen molar-refractivity contribution in [2.75, 3.05) is 14.2 Å². The summed E-state index contributed by atoms with van der Waals surface area (Å²) in [6.07, 6.45) is 2.97. The minimum atomic E-state index is -1.07. The monoisotopic (exact) mass is 317 g/mol. The van der Waals surface area contributed by atoms with Crippen LogP contribution in [0.1, 0.15) is 5.56 Å². The van der Waals surface area contributed by atoms with Gasteiger partial charge in [-0.05, 0) is 30.8 Å². The van der Waals surface area contributed by atoms with Gasteiger partial charge in [-0.3, -0.25) is 0 Å². The number of para-hydroxylation sites is 1. The highest BCUT2D eigenvalue weighted by atomic mass is 35.5. The lowest BCUT2D eigenvalue weighted by molar-refractivity contribution is -0.170. The zero-order valence-corrected chi connectivity index (χ0v) is 13.1. The Morgan fingerprint density at radius 2 is 1.82 bits per heavy atom. The van der Waals surface area contributed by atoms with Crippen molar-refractivity contribution >= 4 is 11.6 Å². The number of hydrogen-bond donors (Lipinski definition) is 1. The highest BCUT2D eigenvalue weighted by Gasteiger charge is 2.38. The van der Waals surface area contributed by atoms with Crippen molar-refractivity contribution in [3.63, 3.8) is 0 Å². The van der Waals surface area contributed by atoms with Crippen molar-refractivity contribution in [3.8, 4) is 16.9 Å². The van der Waals surface area contributed by atoms with Gasteiger partial charge in [0.25, 0.3) is 0 Å². The van der Waals surface area contributed by atoms with E-state index in [-0.39, 0.29) is 0 Å². The van der Waals surface area contributed by atoms with E-state index in [9.17, 15) is 0 Å². The molecule has 1 aliphatic heterocycles. The summed E-state index contributed by atoms with van der Waals surface area (Å²) < 4.78 is 16.4. The SMILES string of the molecule is CNC1(c2ccc(-c3ccccc3OC)cc2Cl)OC=CO1. The Bertz CT molecular complexity index is 707. The smallest absolute Gasteiger partial charge is 0.342 e. The molecule has 0 spiro atoms. The lowest BCUT2D eigenvalue weighted by Gasteiger charge is -2.28. The van der Waals surface area contributed by atoms with Gasteiger partial charge in [0.05, 0.1) is 17.7 Å². The molecule has 0 aliphatic carbocycles. The van der Waals surface area contributed by atoms with E-state index >= 15 is 0 Å². The summed E-state index contributed by atoms with van der Waals surface area (Å²) in [5.74, 6) is -0.277. The fraction of sp³-hybridized carbons (Fsp3) is 0.176. The molecule has 1 heterocycles. The largest absolute Gasteiger partial charge is 0.496 e. The van der Waals surface area contributed by atoms with Crippen LogP contribution in [0.5, 0.6) is 5.75 Å². The number of nitrogens with one attached hydrogen (secondary N) is 1. The molecule has 114 valence electrons. The predicted molar refractivity (Wildman–Crippen MR) is 85.5 cm³/mol. The van der Waals surface area contributed by atoms with Gasteiger partial charge in [-0.2, -0.15) is 0 Å². The van der Waals surface area contributed by atoms with E-state index in [0.29, 0.717) is 10.6 Å². The lowest BCUT2D eigenvalue weighted by atomic mass is 10.0. The van der Waals surface area contributed by atoms with Gasteiger partial charge < -0.3 is 14.2 Å². The number of methoxy groups -OCH3 is 1. The van der Waals surface area contributed by atoms with E-state index < -0.39 is 5.91 Å². The maximum absolute atomic E-state index is 6.45. The van der Waals surface area contributed by atoms with Crippen molar-refractivity contribution in [3.05, 3.63) is 65.6 Å². The molecule has 0 bridgehead atoms. The fourth-order valence-corrected chi connectivity index (χ4v) is 2.79. The van der Waals surface area contributed by atoms with Crippen molar-refractivity contribution in [1.29, 1.82) is 0 Å². The number of ether oxygens (including phenoxy) is 3. The maximum Gasteiger partial charge on any atom is 0.342 e. The van der Waals surface area contributed by atoms with E-state index in [2.05, 4.69) is 5.32 Å². The zero-order valence-electron chi connectivity index (χ0n) is 12.3. The zero-order chi connectivity index (χ0) is 15.6. The Balaban J connectivity index is 2.03. The first-order chi connectivity index (χ1) is 10.7. The molecule has 5 heteroatoms. The number of halogens is 1. The van der Waals surface area contributed by atoms with E-state index in [1.807, 2.05) is 42.5 Å². The molecule has 0 amide bonds. The van der Waals surface area contributed by atoms with Crippen molar-refractivity contribution in [2.24, 2.45) is 0 Å². The van der Waals surface area contributed by atoms with Crippen molar-refractivity contribution in [2.45, 2.75) is 5.91 Å². The molecule has 4 nitrogen and oxygen atoms in total. The summed E-state index contributed by atoms with van der Waals surface area (Å²) in [6, 6.07) is 13.5. The van der Waals surface area contributed by atoms with E-state index in [0.717, 1.165) is 16.9 Å². The number of benzene rings is 2. The molecule has 0 saturated heterocycles. The first-order valence-electron chi connectivity index (χ1n) is 6.83. The van der Waals surface area contributed by atoms with E-state index in [4.69, 9.17) is 25.8 Å². The minimum Gasteiger partial charge on any atom is -0.496 e. The van der Waals surface area contributed by atoms with Crippen LogP contribution in [0, 0.1) is 0 Å². The average Bonchev–Trinajstić information content (AvgIpc) is 3.04. The molecular weight excluding hydrogens is 302 g/mol. The third-order valence-corrected chi connectivity index (χ3v) is 3.91. The van der Waals surface area contributed by atoms with Gasteiger partial charge in [-0.15, -0.1) is 0 Å². The standard InChI is InChI=1S/C17H16ClNO3/c1-19-17(21-9-10-22-17)14-8-7-12(11-15(14)18)13-5-3-4-6-16(13)20-2/h3-11,19H,1-2H3. The van der Waals surface area contributed by atoms with Gasteiger partial charge >= 0.3 is 5.91 Å². The quantitative estimate of drug-likeness (QED) is 0.929. The molecule has 22 heavy (non-hydrogen) atoms. The summed E-state index contributed by atoms with van der Waals surface area (Å²) in [6.45, 7) is 0. The summed E-state index contributed by atoms with van der Waals surface area (Å²) in [5.41, 5.74) is 2.65. The molecule has 0 atom stereocenters. The minimum absolute atomic E-state index is 0.543. The molecule has 2 aromatic rings. The molecule has 0 unspecified atom stereocenters. The average molecular weight is 318 g/mol. The van der Waals surface area contributed by atoms with Gasteiger partial charge in [0.2, 0.25) is 0 Å². The van der Waals surface area contributed by atoms with Crippen molar-refractivity contribution in [1.82, 2.24) is 5.32 Å². The predicted octanol–water partition coefficient (Wildman–Crippen LogP) is 3.86. The molecule has 0 radical (unpaired) electrons. The van der Waals surface area contributed by atoms with Crippen LogP contribution in [0.3, 0.4) is 0 Å². The van der Waals surface area contributed by atoms with Crippen LogP contribution in [-0.4, -0.2) is 14.2 Å². The summed E-state index contributed by atoms with van der Waals surface area (Å²) in [5, 5.41) is 3.54. The van der Waals surface area contributed by atoms with Crippen molar-refractivity contribution < 1.29 is 14.2 Å². The van der Waals surface area contributed by atoms with Crippen LogP contribution in [-0.2, 0) is 15.4 Å². The second-order valence-corrected chi connectivity index (χ2v) is 5.18. The second-order valence-electron chi connectivity index (χ2n) is 4.77. The summed E-state index contributed by atoms with van der Waals surface area (Å²) in [4.78, 5) is 0. The van der Waals surface area contributed by atoms with E-state index in [1.165, 1.54) is 12.5 Å². The third-order valence-electron chi connectivity index (χ3n) is 3.59. The topological polar surface area (TPSA) is 39.7 Å².